The zero-order valence-corrected chi connectivity index (χ0v) is 10.6. The van der Waals surface area contributed by atoms with Crippen molar-refractivity contribution >= 4 is 16.3 Å². The molecule has 0 saturated carbocycles. The summed E-state index contributed by atoms with van der Waals surface area (Å²) in [5, 5.41) is 3.20. The van der Waals surface area contributed by atoms with Crippen LogP contribution in [-0.4, -0.2) is 14.6 Å². The van der Waals surface area contributed by atoms with Crippen molar-refractivity contribution in [1.82, 2.24) is 14.6 Å². The highest BCUT2D eigenvalue weighted by Gasteiger charge is 2.36. The highest BCUT2D eigenvalue weighted by molar-refractivity contribution is 7.19. The van der Waals surface area contributed by atoms with Gasteiger partial charge < -0.3 is 0 Å². The molecule has 0 unspecified atom stereocenters. The number of aromatic nitrogens is 3. The second-order valence-corrected chi connectivity index (χ2v) is 4.95. The van der Waals surface area contributed by atoms with Gasteiger partial charge in [-0.05, 0) is 5.56 Å². The minimum absolute atomic E-state index is 0.0799. The smallest absolute Gasteiger partial charge is 0.267 e. The van der Waals surface area contributed by atoms with Crippen LogP contribution < -0.4 is 5.56 Å². The van der Waals surface area contributed by atoms with Crippen LogP contribution >= 0.6 is 11.3 Å². The van der Waals surface area contributed by atoms with E-state index in [4.69, 9.17) is 0 Å². The Morgan fingerprint density at radius 1 is 1.15 bits per heavy atom. The van der Waals surface area contributed by atoms with Crippen LogP contribution in [0.3, 0.4) is 0 Å². The molecule has 0 aliphatic heterocycles. The fraction of sp³-hybridized carbons (Fsp3) is 0.0833. The molecule has 0 atom stereocenters. The number of nitrogens with zero attached hydrogens (tertiary/aromatic N) is 3. The summed E-state index contributed by atoms with van der Waals surface area (Å²) in [7, 11) is 0. The molecule has 0 spiro atoms. The third kappa shape index (κ3) is 2.18. The third-order valence-electron chi connectivity index (χ3n) is 2.55. The van der Waals surface area contributed by atoms with E-state index in [-0.39, 0.29) is 4.96 Å². The van der Waals surface area contributed by atoms with E-state index < -0.39 is 17.6 Å². The van der Waals surface area contributed by atoms with E-state index in [2.05, 4.69) is 10.1 Å². The first-order chi connectivity index (χ1) is 9.45. The lowest BCUT2D eigenvalue weighted by atomic mass is 10.2. The first-order valence-electron chi connectivity index (χ1n) is 5.49. The molecule has 0 radical (unpaired) electrons. The monoisotopic (exact) mass is 297 g/mol. The fourth-order valence-electron chi connectivity index (χ4n) is 1.67. The number of fused-ring (bicyclic) bond motifs is 1. The molecule has 0 aliphatic rings. The molecule has 3 aromatic rings. The number of benzene rings is 1. The van der Waals surface area contributed by atoms with Gasteiger partial charge in [-0.15, -0.1) is 5.10 Å². The standard InChI is InChI=1S/C12H6F3N3OS/c13-12(14,15)10-16-11-18(17-10)9(19)6-8(20-11)7-4-2-1-3-5-7/h1-6H. The van der Waals surface area contributed by atoms with Gasteiger partial charge in [-0.1, -0.05) is 41.7 Å². The molecule has 2 aromatic heterocycles. The maximum atomic E-state index is 12.5. The van der Waals surface area contributed by atoms with Crippen LogP contribution in [0.1, 0.15) is 5.82 Å². The molecule has 4 nitrogen and oxygen atoms in total. The molecule has 0 N–H and O–H groups in total. The molecular weight excluding hydrogens is 291 g/mol. The van der Waals surface area contributed by atoms with Gasteiger partial charge in [0.15, 0.2) is 0 Å². The fourth-order valence-corrected chi connectivity index (χ4v) is 2.63. The highest BCUT2D eigenvalue weighted by Crippen LogP contribution is 2.29. The molecular formula is C12H6F3N3OS. The van der Waals surface area contributed by atoms with Crippen LogP contribution in [0, 0.1) is 0 Å². The van der Waals surface area contributed by atoms with Crippen molar-refractivity contribution < 1.29 is 13.2 Å². The predicted molar refractivity (Wildman–Crippen MR) is 67.6 cm³/mol. The van der Waals surface area contributed by atoms with Gasteiger partial charge in [0.25, 0.3) is 11.4 Å². The maximum Gasteiger partial charge on any atom is 0.453 e. The molecule has 0 amide bonds. The van der Waals surface area contributed by atoms with Crippen molar-refractivity contribution in [1.29, 1.82) is 0 Å². The van der Waals surface area contributed by atoms with E-state index in [1.165, 1.54) is 6.07 Å². The van der Waals surface area contributed by atoms with Gasteiger partial charge in [0.2, 0.25) is 4.96 Å². The molecule has 1 aromatic carbocycles. The Balaban J connectivity index is 2.22. The first kappa shape index (κ1) is 12.8. The Hall–Kier alpha value is -2.22. The Labute approximate surface area is 114 Å². The molecule has 0 aliphatic carbocycles. The zero-order chi connectivity index (χ0) is 14.3. The van der Waals surface area contributed by atoms with E-state index in [9.17, 15) is 18.0 Å². The lowest BCUT2D eigenvalue weighted by Gasteiger charge is -1.99. The summed E-state index contributed by atoms with van der Waals surface area (Å²) in [6.07, 6.45) is -4.67. The van der Waals surface area contributed by atoms with Crippen molar-refractivity contribution in [3.8, 4) is 10.4 Å². The van der Waals surface area contributed by atoms with Crippen LogP contribution in [0.5, 0.6) is 0 Å². The number of halogens is 3. The van der Waals surface area contributed by atoms with Gasteiger partial charge in [-0.3, -0.25) is 4.79 Å². The van der Waals surface area contributed by atoms with E-state index in [1.807, 2.05) is 6.07 Å². The van der Waals surface area contributed by atoms with Gasteiger partial charge in [0.05, 0.1) is 0 Å². The Kier molecular flexibility index (Phi) is 2.82. The van der Waals surface area contributed by atoms with Gasteiger partial charge >= 0.3 is 6.18 Å². The minimum atomic E-state index is -4.67. The average molecular weight is 297 g/mol. The summed E-state index contributed by atoms with van der Waals surface area (Å²) in [6.45, 7) is 0. The topological polar surface area (TPSA) is 47.3 Å². The Bertz CT molecular complexity index is 823. The predicted octanol–water partition coefficient (Wildman–Crippen LogP) is 2.84. The van der Waals surface area contributed by atoms with Crippen LogP contribution in [0.15, 0.2) is 41.2 Å². The molecule has 0 fully saturated rings. The van der Waals surface area contributed by atoms with Crippen LogP contribution in [-0.2, 0) is 6.18 Å². The molecule has 0 bridgehead atoms. The van der Waals surface area contributed by atoms with Gasteiger partial charge in [-0.2, -0.15) is 22.7 Å². The number of rotatable bonds is 1. The van der Waals surface area contributed by atoms with Gasteiger partial charge in [-0.25, -0.2) is 0 Å². The van der Waals surface area contributed by atoms with Crippen LogP contribution in [0.4, 0.5) is 13.2 Å². The van der Waals surface area contributed by atoms with Gasteiger partial charge in [0.1, 0.15) is 0 Å². The number of alkyl halides is 3. The SMILES string of the molecule is O=c1cc(-c2ccccc2)sc2nc(C(F)(F)F)nn12. The number of hydrogen-bond acceptors (Lipinski definition) is 4. The van der Waals surface area contributed by atoms with Crippen molar-refractivity contribution in [2.45, 2.75) is 6.18 Å². The lowest BCUT2D eigenvalue weighted by Crippen LogP contribution is -2.13. The Morgan fingerprint density at radius 3 is 2.50 bits per heavy atom. The van der Waals surface area contributed by atoms with Crippen molar-refractivity contribution in [2.24, 2.45) is 0 Å². The van der Waals surface area contributed by atoms with Crippen molar-refractivity contribution in [3.63, 3.8) is 0 Å². The van der Waals surface area contributed by atoms with Crippen LogP contribution in [0.25, 0.3) is 15.4 Å². The first-order valence-corrected chi connectivity index (χ1v) is 6.30. The molecule has 2 heterocycles. The zero-order valence-electron chi connectivity index (χ0n) is 9.76. The summed E-state index contributed by atoms with van der Waals surface area (Å²) in [5.41, 5.74) is 0.106. The van der Waals surface area contributed by atoms with E-state index in [0.29, 0.717) is 9.39 Å². The number of hydrogen-bond donors (Lipinski definition) is 0. The normalized spacial score (nSPS) is 11.9. The lowest BCUT2D eigenvalue weighted by molar-refractivity contribution is -0.144. The third-order valence-corrected chi connectivity index (χ3v) is 3.57. The van der Waals surface area contributed by atoms with E-state index >= 15 is 0 Å². The second kappa shape index (κ2) is 4.41. The molecule has 8 heteroatoms. The highest BCUT2D eigenvalue weighted by atomic mass is 32.1. The summed E-state index contributed by atoms with van der Waals surface area (Å²) >= 11 is 0.980. The van der Waals surface area contributed by atoms with Gasteiger partial charge in [0, 0.05) is 10.9 Å². The van der Waals surface area contributed by atoms with Crippen molar-refractivity contribution in [2.75, 3.05) is 0 Å². The molecule has 0 saturated heterocycles. The van der Waals surface area contributed by atoms with Crippen LogP contribution in [0.2, 0.25) is 0 Å². The molecule has 102 valence electrons. The molecule has 20 heavy (non-hydrogen) atoms. The minimum Gasteiger partial charge on any atom is -0.267 e. The quantitative estimate of drug-likeness (QED) is 0.694. The maximum absolute atomic E-state index is 12.5. The van der Waals surface area contributed by atoms with Crippen molar-refractivity contribution in [3.05, 3.63) is 52.6 Å². The average Bonchev–Trinajstić information content (AvgIpc) is 2.84. The summed E-state index contributed by atoms with van der Waals surface area (Å²) in [4.78, 5) is 15.7. The summed E-state index contributed by atoms with van der Waals surface area (Å²) < 4.78 is 38.3. The van der Waals surface area contributed by atoms with E-state index in [1.54, 1.807) is 24.3 Å². The molecule has 3 rings (SSSR count). The van der Waals surface area contributed by atoms with E-state index in [0.717, 1.165) is 16.9 Å². The second-order valence-electron chi connectivity index (χ2n) is 3.94. The summed E-state index contributed by atoms with van der Waals surface area (Å²) in [5.74, 6) is -1.31. The summed E-state index contributed by atoms with van der Waals surface area (Å²) in [6, 6.07) is 10.2. The Morgan fingerprint density at radius 2 is 1.85 bits per heavy atom. The largest absolute Gasteiger partial charge is 0.453 e.